The number of nitrogens with two attached hydrogens (primary N) is 1. The van der Waals surface area contributed by atoms with Crippen LogP contribution in [0.4, 0.5) is 4.79 Å². The van der Waals surface area contributed by atoms with Crippen molar-refractivity contribution in [3.63, 3.8) is 0 Å². The average Bonchev–Trinajstić information content (AvgIpc) is 2.69. The summed E-state index contributed by atoms with van der Waals surface area (Å²) >= 11 is 0. The summed E-state index contributed by atoms with van der Waals surface area (Å²) < 4.78 is 16.1. The van der Waals surface area contributed by atoms with Gasteiger partial charge in [-0.05, 0) is 57.4 Å². The SMILES string of the molecule is COc1ccc(OC)c(CCCN=C(N)N2CCN(C(=O)OC(C)(C)C)CC2)c1. The molecule has 1 aromatic rings. The van der Waals surface area contributed by atoms with Gasteiger partial charge in [-0.25, -0.2) is 4.79 Å². The monoisotopic (exact) mass is 406 g/mol. The number of hydrogen-bond donors (Lipinski definition) is 1. The maximum absolute atomic E-state index is 12.1. The van der Waals surface area contributed by atoms with Gasteiger partial charge in [0.2, 0.25) is 0 Å². The summed E-state index contributed by atoms with van der Waals surface area (Å²) in [6, 6.07) is 5.78. The van der Waals surface area contributed by atoms with E-state index in [4.69, 9.17) is 19.9 Å². The van der Waals surface area contributed by atoms with Gasteiger partial charge in [-0.1, -0.05) is 0 Å². The summed E-state index contributed by atoms with van der Waals surface area (Å²) in [5, 5.41) is 0. The van der Waals surface area contributed by atoms with Crippen LogP contribution < -0.4 is 15.2 Å². The number of benzene rings is 1. The molecule has 29 heavy (non-hydrogen) atoms. The highest BCUT2D eigenvalue weighted by atomic mass is 16.6. The van der Waals surface area contributed by atoms with Crippen molar-refractivity contribution in [3.8, 4) is 11.5 Å². The van der Waals surface area contributed by atoms with Gasteiger partial charge in [0.25, 0.3) is 0 Å². The predicted octanol–water partition coefficient (Wildman–Crippen LogP) is 2.50. The number of ether oxygens (including phenoxy) is 3. The molecular weight excluding hydrogens is 372 g/mol. The van der Waals surface area contributed by atoms with Crippen molar-refractivity contribution in [1.29, 1.82) is 0 Å². The standard InChI is InChI=1S/C21H34N4O4/c1-21(2,3)29-20(26)25-13-11-24(12-14-25)19(22)23-10-6-7-16-15-17(27-4)8-9-18(16)28-5/h8-9,15H,6-7,10-14H2,1-5H3,(H2,22,23). The van der Waals surface area contributed by atoms with Crippen molar-refractivity contribution in [2.75, 3.05) is 46.9 Å². The first kappa shape index (κ1) is 22.6. The minimum atomic E-state index is -0.486. The molecular formula is C21H34N4O4. The molecule has 1 heterocycles. The molecule has 1 amide bonds. The van der Waals surface area contributed by atoms with Crippen molar-refractivity contribution in [2.24, 2.45) is 10.7 Å². The third-order valence-electron chi connectivity index (χ3n) is 4.62. The molecule has 162 valence electrons. The Balaban J connectivity index is 1.79. The van der Waals surface area contributed by atoms with Gasteiger partial charge in [0.15, 0.2) is 5.96 Å². The largest absolute Gasteiger partial charge is 0.497 e. The minimum Gasteiger partial charge on any atom is -0.497 e. The van der Waals surface area contributed by atoms with E-state index in [2.05, 4.69) is 4.99 Å². The van der Waals surface area contributed by atoms with E-state index in [1.807, 2.05) is 43.9 Å². The van der Waals surface area contributed by atoms with Gasteiger partial charge in [0.05, 0.1) is 14.2 Å². The second-order valence-corrected chi connectivity index (χ2v) is 7.98. The molecule has 0 aliphatic carbocycles. The summed E-state index contributed by atoms with van der Waals surface area (Å²) in [4.78, 5) is 20.4. The summed E-state index contributed by atoms with van der Waals surface area (Å²) in [6.07, 6.45) is 1.39. The zero-order valence-electron chi connectivity index (χ0n) is 18.2. The van der Waals surface area contributed by atoms with E-state index >= 15 is 0 Å². The van der Waals surface area contributed by atoms with Crippen LogP contribution >= 0.6 is 0 Å². The number of hydrogen-bond acceptors (Lipinski definition) is 5. The maximum atomic E-state index is 12.1. The highest BCUT2D eigenvalue weighted by Crippen LogP contribution is 2.25. The molecule has 1 aromatic carbocycles. The Labute approximate surface area is 173 Å². The Morgan fingerprint density at radius 3 is 2.34 bits per heavy atom. The number of methoxy groups -OCH3 is 2. The predicted molar refractivity (Wildman–Crippen MR) is 114 cm³/mol. The molecule has 8 heteroatoms. The number of nitrogens with zero attached hydrogens (tertiary/aromatic N) is 3. The normalized spacial score (nSPS) is 15.3. The Morgan fingerprint density at radius 2 is 1.76 bits per heavy atom. The molecule has 0 spiro atoms. The van der Waals surface area contributed by atoms with Crippen molar-refractivity contribution >= 4 is 12.1 Å². The highest BCUT2D eigenvalue weighted by molar-refractivity contribution is 5.78. The number of rotatable bonds is 6. The van der Waals surface area contributed by atoms with E-state index in [0.29, 0.717) is 38.7 Å². The number of carbonyl (C=O) groups excluding carboxylic acids is 1. The van der Waals surface area contributed by atoms with Gasteiger partial charge in [-0.3, -0.25) is 4.99 Å². The molecule has 2 N–H and O–H groups in total. The lowest BCUT2D eigenvalue weighted by atomic mass is 10.1. The second kappa shape index (κ2) is 10.2. The van der Waals surface area contributed by atoms with Gasteiger partial charge in [0.1, 0.15) is 17.1 Å². The van der Waals surface area contributed by atoms with Gasteiger partial charge in [-0.2, -0.15) is 0 Å². The summed E-state index contributed by atoms with van der Waals surface area (Å²) in [5.41, 5.74) is 6.75. The number of guanidine groups is 1. The lowest BCUT2D eigenvalue weighted by molar-refractivity contribution is 0.0186. The number of amides is 1. The minimum absolute atomic E-state index is 0.278. The average molecular weight is 407 g/mol. The Kier molecular flexibility index (Phi) is 7.99. The van der Waals surface area contributed by atoms with Crippen LogP contribution in [-0.4, -0.2) is 74.4 Å². The van der Waals surface area contributed by atoms with Crippen LogP contribution in [0, 0.1) is 0 Å². The van der Waals surface area contributed by atoms with E-state index in [-0.39, 0.29) is 6.09 Å². The molecule has 1 aliphatic rings. The van der Waals surface area contributed by atoms with Crippen LogP contribution in [0.3, 0.4) is 0 Å². The Bertz CT molecular complexity index is 707. The molecule has 0 unspecified atom stereocenters. The van der Waals surface area contributed by atoms with Crippen molar-refractivity contribution in [2.45, 2.75) is 39.2 Å². The molecule has 0 atom stereocenters. The number of aliphatic imine (C=N–C) groups is 1. The molecule has 0 saturated carbocycles. The van der Waals surface area contributed by atoms with Gasteiger partial charge < -0.3 is 29.7 Å². The summed E-state index contributed by atoms with van der Waals surface area (Å²) in [7, 11) is 3.32. The lowest BCUT2D eigenvalue weighted by Gasteiger charge is -2.36. The van der Waals surface area contributed by atoms with Crippen LogP contribution in [-0.2, 0) is 11.2 Å². The molecule has 0 bridgehead atoms. The highest BCUT2D eigenvalue weighted by Gasteiger charge is 2.26. The molecule has 2 rings (SSSR count). The first-order valence-electron chi connectivity index (χ1n) is 9.97. The molecule has 1 aliphatic heterocycles. The van der Waals surface area contributed by atoms with Gasteiger partial charge >= 0.3 is 6.09 Å². The van der Waals surface area contributed by atoms with Crippen LogP contribution in [0.1, 0.15) is 32.8 Å². The first-order valence-corrected chi connectivity index (χ1v) is 9.97. The molecule has 0 radical (unpaired) electrons. The van der Waals surface area contributed by atoms with E-state index in [0.717, 1.165) is 29.9 Å². The number of aryl methyl sites for hydroxylation is 1. The number of carbonyl (C=O) groups is 1. The van der Waals surface area contributed by atoms with Crippen molar-refractivity contribution in [3.05, 3.63) is 23.8 Å². The van der Waals surface area contributed by atoms with E-state index in [9.17, 15) is 4.79 Å². The molecule has 1 saturated heterocycles. The lowest BCUT2D eigenvalue weighted by Crippen LogP contribution is -2.53. The van der Waals surface area contributed by atoms with E-state index in [1.54, 1.807) is 19.1 Å². The van der Waals surface area contributed by atoms with E-state index in [1.165, 1.54) is 0 Å². The van der Waals surface area contributed by atoms with Crippen LogP contribution in [0.2, 0.25) is 0 Å². The smallest absolute Gasteiger partial charge is 0.410 e. The van der Waals surface area contributed by atoms with E-state index < -0.39 is 5.60 Å². The maximum Gasteiger partial charge on any atom is 0.410 e. The molecule has 8 nitrogen and oxygen atoms in total. The Hall–Kier alpha value is -2.64. The quantitative estimate of drug-likeness (QED) is 0.444. The molecule has 0 aromatic heterocycles. The fraction of sp³-hybridized carbons (Fsp3) is 0.619. The van der Waals surface area contributed by atoms with Crippen LogP contribution in [0.15, 0.2) is 23.2 Å². The first-order chi connectivity index (χ1) is 13.7. The topological polar surface area (TPSA) is 89.6 Å². The van der Waals surface area contributed by atoms with Crippen molar-refractivity contribution < 1.29 is 19.0 Å². The summed E-state index contributed by atoms with van der Waals surface area (Å²) in [6.45, 7) is 8.68. The zero-order chi connectivity index (χ0) is 21.4. The van der Waals surface area contributed by atoms with Gasteiger partial charge in [-0.15, -0.1) is 0 Å². The van der Waals surface area contributed by atoms with Gasteiger partial charge in [0, 0.05) is 32.7 Å². The van der Waals surface area contributed by atoms with Crippen LogP contribution in [0.25, 0.3) is 0 Å². The third-order valence-corrected chi connectivity index (χ3v) is 4.62. The van der Waals surface area contributed by atoms with Crippen molar-refractivity contribution in [1.82, 2.24) is 9.80 Å². The fourth-order valence-electron chi connectivity index (χ4n) is 3.09. The molecule has 1 fully saturated rings. The van der Waals surface area contributed by atoms with Crippen LogP contribution in [0.5, 0.6) is 11.5 Å². The zero-order valence-corrected chi connectivity index (χ0v) is 18.2. The Morgan fingerprint density at radius 1 is 1.10 bits per heavy atom. The second-order valence-electron chi connectivity index (χ2n) is 7.98. The third kappa shape index (κ3) is 7.03. The number of piperazine rings is 1. The summed E-state index contributed by atoms with van der Waals surface area (Å²) in [5.74, 6) is 2.18. The fourth-order valence-corrected chi connectivity index (χ4v) is 3.09.